The van der Waals surface area contributed by atoms with Crippen molar-refractivity contribution >= 4 is 29.0 Å². The number of hydrogen-bond acceptors (Lipinski definition) is 4. The monoisotopic (exact) mass is 411 g/mol. The van der Waals surface area contributed by atoms with E-state index in [0.717, 1.165) is 5.69 Å². The van der Waals surface area contributed by atoms with Gasteiger partial charge in [-0.3, -0.25) is 9.59 Å². The van der Waals surface area contributed by atoms with Crippen molar-refractivity contribution in [3.05, 3.63) is 103 Å². The summed E-state index contributed by atoms with van der Waals surface area (Å²) >= 11 is 0. The van der Waals surface area contributed by atoms with Gasteiger partial charge in [-0.05, 0) is 36.4 Å². The molecule has 0 atom stereocenters. The summed E-state index contributed by atoms with van der Waals surface area (Å²) in [6.45, 7) is 0.0143. The second kappa shape index (κ2) is 9.41. The van der Waals surface area contributed by atoms with Crippen LogP contribution in [0.15, 0.2) is 97.2 Å². The molecule has 7 nitrogen and oxygen atoms in total. The third-order valence-corrected chi connectivity index (χ3v) is 4.52. The number of benzene rings is 3. The van der Waals surface area contributed by atoms with Gasteiger partial charge < -0.3 is 16.0 Å². The molecule has 31 heavy (non-hydrogen) atoms. The van der Waals surface area contributed by atoms with E-state index in [2.05, 4.69) is 21.0 Å². The standard InChI is InChI=1S/C24H21N5O2/c30-23(17-25-22-15-16-29(28-22)19-11-5-2-6-12-19)27-21-14-8-7-13-20(21)24(31)26-18-9-3-1-4-10-18/h1-16H,17H2,(H,25,28)(H,26,31)(H,27,30). The van der Waals surface area contributed by atoms with Crippen LogP contribution in [0, 0.1) is 0 Å². The Kier molecular flexibility index (Phi) is 6.04. The van der Waals surface area contributed by atoms with Gasteiger partial charge in [0, 0.05) is 18.0 Å². The van der Waals surface area contributed by atoms with Crippen LogP contribution in [0.25, 0.3) is 5.69 Å². The van der Waals surface area contributed by atoms with Gasteiger partial charge in [-0.25, -0.2) is 4.68 Å². The summed E-state index contributed by atoms with van der Waals surface area (Å²) < 4.78 is 1.73. The first kappa shape index (κ1) is 19.9. The lowest BCUT2D eigenvalue weighted by atomic mass is 10.1. The van der Waals surface area contributed by atoms with Crippen LogP contribution in [0.5, 0.6) is 0 Å². The zero-order chi connectivity index (χ0) is 21.5. The van der Waals surface area contributed by atoms with Gasteiger partial charge in [-0.1, -0.05) is 48.5 Å². The second-order valence-electron chi connectivity index (χ2n) is 6.75. The number of para-hydroxylation sites is 3. The summed E-state index contributed by atoms with van der Waals surface area (Å²) in [6.07, 6.45) is 1.82. The molecule has 1 aromatic heterocycles. The van der Waals surface area contributed by atoms with Crippen molar-refractivity contribution in [2.75, 3.05) is 22.5 Å². The fourth-order valence-corrected chi connectivity index (χ4v) is 3.02. The average Bonchev–Trinajstić information content (AvgIpc) is 3.28. The van der Waals surface area contributed by atoms with E-state index >= 15 is 0 Å². The maximum Gasteiger partial charge on any atom is 0.257 e. The van der Waals surface area contributed by atoms with Crippen LogP contribution >= 0.6 is 0 Å². The summed E-state index contributed by atoms with van der Waals surface area (Å²) in [7, 11) is 0. The highest BCUT2D eigenvalue weighted by molar-refractivity contribution is 6.10. The lowest BCUT2D eigenvalue weighted by Crippen LogP contribution is -2.24. The van der Waals surface area contributed by atoms with Crippen molar-refractivity contribution in [3.63, 3.8) is 0 Å². The number of hydrogen-bond donors (Lipinski definition) is 3. The molecule has 0 unspecified atom stereocenters. The molecule has 154 valence electrons. The van der Waals surface area contributed by atoms with E-state index < -0.39 is 0 Å². The summed E-state index contributed by atoms with van der Waals surface area (Å²) in [5, 5.41) is 13.0. The highest BCUT2D eigenvalue weighted by Crippen LogP contribution is 2.17. The summed E-state index contributed by atoms with van der Waals surface area (Å²) in [6, 6.07) is 27.5. The number of amides is 2. The van der Waals surface area contributed by atoms with E-state index in [1.165, 1.54) is 0 Å². The Bertz CT molecular complexity index is 1170. The van der Waals surface area contributed by atoms with Gasteiger partial charge in [0.2, 0.25) is 5.91 Å². The van der Waals surface area contributed by atoms with Crippen molar-refractivity contribution in [2.24, 2.45) is 0 Å². The molecule has 0 aliphatic carbocycles. The maximum atomic E-state index is 12.6. The zero-order valence-electron chi connectivity index (χ0n) is 16.7. The molecule has 4 aromatic rings. The molecule has 7 heteroatoms. The average molecular weight is 411 g/mol. The van der Waals surface area contributed by atoms with Gasteiger partial charge in [0.25, 0.3) is 5.91 Å². The van der Waals surface area contributed by atoms with Gasteiger partial charge in [-0.15, -0.1) is 0 Å². The van der Waals surface area contributed by atoms with E-state index in [4.69, 9.17) is 0 Å². The quantitative estimate of drug-likeness (QED) is 0.426. The summed E-state index contributed by atoms with van der Waals surface area (Å²) in [5.41, 5.74) is 2.44. The second-order valence-corrected chi connectivity index (χ2v) is 6.75. The molecular formula is C24H21N5O2. The number of nitrogens with zero attached hydrogens (tertiary/aromatic N) is 2. The summed E-state index contributed by atoms with van der Waals surface area (Å²) in [5.74, 6) is -0.00000516. The normalized spacial score (nSPS) is 10.3. The number of carbonyl (C=O) groups is 2. The molecule has 3 aromatic carbocycles. The molecule has 0 aliphatic heterocycles. The molecule has 4 rings (SSSR count). The molecule has 0 aliphatic rings. The van der Waals surface area contributed by atoms with Gasteiger partial charge in [-0.2, -0.15) is 5.10 Å². The number of nitrogens with one attached hydrogen (secondary N) is 3. The van der Waals surface area contributed by atoms with Crippen molar-refractivity contribution in [1.82, 2.24) is 9.78 Å². The van der Waals surface area contributed by atoms with Crippen molar-refractivity contribution in [1.29, 1.82) is 0 Å². The Morgan fingerprint density at radius 1 is 0.774 bits per heavy atom. The fraction of sp³-hybridized carbons (Fsp3) is 0.0417. The third kappa shape index (κ3) is 5.16. The highest BCUT2D eigenvalue weighted by atomic mass is 16.2. The molecule has 0 saturated carbocycles. The van der Waals surface area contributed by atoms with E-state index in [1.54, 1.807) is 47.1 Å². The van der Waals surface area contributed by atoms with Crippen LogP contribution in [0.3, 0.4) is 0 Å². The van der Waals surface area contributed by atoms with Crippen LogP contribution in [0.2, 0.25) is 0 Å². The number of carbonyl (C=O) groups excluding carboxylic acids is 2. The minimum absolute atomic E-state index is 0.0143. The Hall–Kier alpha value is -4.39. The highest BCUT2D eigenvalue weighted by Gasteiger charge is 2.13. The number of rotatable bonds is 7. The Morgan fingerprint density at radius 2 is 1.45 bits per heavy atom. The van der Waals surface area contributed by atoms with Crippen LogP contribution in [-0.2, 0) is 4.79 Å². The Balaban J connectivity index is 1.37. The molecule has 0 fully saturated rings. The maximum absolute atomic E-state index is 12.6. The minimum atomic E-state index is -0.295. The van der Waals surface area contributed by atoms with E-state index in [0.29, 0.717) is 22.8 Å². The molecule has 0 bridgehead atoms. The molecule has 0 radical (unpaired) electrons. The summed E-state index contributed by atoms with van der Waals surface area (Å²) in [4.78, 5) is 25.1. The lowest BCUT2D eigenvalue weighted by molar-refractivity contribution is -0.114. The molecule has 0 saturated heterocycles. The van der Waals surface area contributed by atoms with Gasteiger partial charge in [0.15, 0.2) is 0 Å². The molecule has 0 spiro atoms. The smallest absolute Gasteiger partial charge is 0.257 e. The minimum Gasteiger partial charge on any atom is -0.360 e. The van der Waals surface area contributed by atoms with Crippen LogP contribution < -0.4 is 16.0 Å². The predicted molar refractivity (Wildman–Crippen MR) is 122 cm³/mol. The van der Waals surface area contributed by atoms with E-state index in [1.807, 2.05) is 54.7 Å². The first-order valence-corrected chi connectivity index (χ1v) is 9.79. The van der Waals surface area contributed by atoms with Gasteiger partial charge in [0.1, 0.15) is 5.82 Å². The molecule has 1 heterocycles. The molecule has 3 N–H and O–H groups in total. The molecule has 2 amide bonds. The topological polar surface area (TPSA) is 88.1 Å². The first-order valence-electron chi connectivity index (χ1n) is 9.79. The van der Waals surface area contributed by atoms with E-state index in [-0.39, 0.29) is 18.4 Å². The lowest BCUT2D eigenvalue weighted by Gasteiger charge is -2.12. The first-order chi connectivity index (χ1) is 15.2. The van der Waals surface area contributed by atoms with Gasteiger partial charge >= 0.3 is 0 Å². The van der Waals surface area contributed by atoms with Crippen molar-refractivity contribution < 1.29 is 9.59 Å². The van der Waals surface area contributed by atoms with Crippen LogP contribution in [-0.4, -0.2) is 28.1 Å². The van der Waals surface area contributed by atoms with Crippen LogP contribution in [0.4, 0.5) is 17.2 Å². The van der Waals surface area contributed by atoms with Gasteiger partial charge in [0.05, 0.1) is 23.5 Å². The fourth-order valence-electron chi connectivity index (χ4n) is 3.02. The number of anilines is 3. The van der Waals surface area contributed by atoms with Crippen molar-refractivity contribution in [2.45, 2.75) is 0 Å². The SMILES string of the molecule is O=C(CNc1ccn(-c2ccccc2)n1)Nc1ccccc1C(=O)Nc1ccccc1. The molecular weight excluding hydrogens is 390 g/mol. The predicted octanol–water partition coefficient (Wildman–Crippen LogP) is 4.18. The van der Waals surface area contributed by atoms with Crippen LogP contribution in [0.1, 0.15) is 10.4 Å². The van der Waals surface area contributed by atoms with Crippen molar-refractivity contribution in [3.8, 4) is 5.69 Å². The Labute approximate surface area is 179 Å². The largest absolute Gasteiger partial charge is 0.360 e. The van der Waals surface area contributed by atoms with E-state index in [9.17, 15) is 9.59 Å². The Morgan fingerprint density at radius 3 is 2.23 bits per heavy atom. The zero-order valence-corrected chi connectivity index (χ0v) is 16.7. The number of aromatic nitrogens is 2. The third-order valence-electron chi connectivity index (χ3n) is 4.52.